The molecule has 1 aliphatic heterocycles. The Balaban J connectivity index is 1.60. The van der Waals surface area contributed by atoms with Crippen molar-refractivity contribution in [2.45, 2.75) is 39.3 Å². The summed E-state index contributed by atoms with van der Waals surface area (Å²) in [5.74, 6) is 0.515. The number of nitrogens with one attached hydrogen (secondary N) is 2. The molecule has 28 heavy (non-hydrogen) atoms. The number of benzene rings is 1. The number of hydrogen-bond donors (Lipinski definition) is 2. The van der Waals surface area contributed by atoms with E-state index < -0.39 is 6.04 Å². The van der Waals surface area contributed by atoms with Gasteiger partial charge in [0, 0.05) is 31.4 Å². The average Bonchev–Trinajstić information content (AvgIpc) is 3.25. The zero-order valence-electron chi connectivity index (χ0n) is 16.5. The summed E-state index contributed by atoms with van der Waals surface area (Å²) in [5.41, 5.74) is 1.55. The van der Waals surface area contributed by atoms with Crippen LogP contribution in [0.15, 0.2) is 48.7 Å². The largest absolute Gasteiger partial charge is 0.357 e. The molecule has 0 bridgehead atoms. The van der Waals surface area contributed by atoms with Crippen LogP contribution in [0.25, 0.3) is 0 Å². The van der Waals surface area contributed by atoms with Crippen LogP contribution < -0.4 is 15.5 Å². The molecular formula is C22H28N4O2. The van der Waals surface area contributed by atoms with Crippen molar-refractivity contribution in [3.05, 3.63) is 59.8 Å². The van der Waals surface area contributed by atoms with Crippen LogP contribution in [0.4, 0.5) is 5.82 Å². The monoisotopic (exact) mass is 380 g/mol. The molecule has 1 unspecified atom stereocenters. The summed E-state index contributed by atoms with van der Waals surface area (Å²) in [5, 5.41) is 5.81. The Hall–Kier alpha value is -2.89. The van der Waals surface area contributed by atoms with E-state index in [0.717, 1.165) is 24.5 Å². The van der Waals surface area contributed by atoms with E-state index in [1.165, 1.54) is 12.8 Å². The first-order chi connectivity index (χ1) is 13.5. The van der Waals surface area contributed by atoms with Crippen LogP contribution in [-0.4, -0.2) is 35.9 Å². The molecule has 6 heteroatoms. The maximum atomic E-state index is 12.7. The molecule has 1 aliphatic rings. The van der Waals surface area contributed by atoms with Gasteiger partial charge >= 0.3 is 0 Å². The van der Waals surface area contributed by atoms with Gasteiger partial charge in [-0.25, -0.2) is 4.98 Å². The molecule has 2 heterocycles. The molecule has 0 saturated carbocycles. The molecule has 2 amide bonds. The van der Waals surface area contributed by atoms with Crippen molar-refractivity contribution in [1.29, 1.82) is 0 Å². The van der Waals surface area contributed by atoms with Gasteiger partial charge in [-0.15, -0.1) is 0 Å². The molecule has 1 saturated heterocycles. The maximum absolute atomic E-state index is 12.7. The van der Waals surface area contributed by atoms with Crippen molar-refractivity contribution in [3.8, 4) is 0 Å². The van der Waals surface area contributed by atoms with E-state index in [9.17, 15) is 9.59 Å². The van der Waals surface area contributed by atoms with Gasteiger partial charge in [-0.3, -0.25) is 9.59 Å². The van der Waals surface area contributed by atoms with Gasteiger partial charge in [0.25, 0.3) is 5.91 Å². The van der Waals surface area contributed by atoms with Crippen molar-refractivity contribution in [1.82, 2.24) is 15.6 Å². The SMILES string of the molecule is CC(C)C(NC(=O)c1ccccc1)C(=O)NCc1ccnc(N2CCCC2)c1. The van der Waals surface area contributed by atoms with Gasteiger partial charge in [0.15, 0.2) is 0 Å². The van der Waals surface area contributed by atoms with Crippen LogP contribution in [0, 0.1) is 5.92 Å². The van der Waals surface area contributed by atoms with Crippen LogP contribution >= 0.6 is 0 Å². The van der Waals surface area contributed by atoms with E-state index in [4.69, 9.17) is 0 Å². The number of anilines is 1. The minimum absolute atomic E-state index is 0.0229. The van der Waals surface area contributed by atoms with Crippen molar-refractivity contribution >= 4 is 17.6 Å². The quantitative estimate of drug-likeness (QED) is 0.775. The molecule has 1 fully saturated rings. The second-order valence-electron chi connectivity index (χ2n) is 7.50. The Bertz CT molecular complexity index is 801. The summed E-state index contributed by atoms with van der Waals surface area (Å²) in [6.07, 6.45) is 4.17. The Morgan fingerprint density at radius 3 is 2.50 bits per heavy atom. The molecule has 148 valence electrons. The molecule has 3 rings (SSSR count). The second-order valence-corrected chi connectivity index (χ2v) is 7.50. The maximum Gasteiger partial charge on any atom is 0.251 e. The molecule has 2 N–H and O–H groups in total. The summed E-state index contributed by atoms with van der Waals surface area (Å²) >= 11 is 0. The second kappa shape index (κ2) is 9.35. The Labute approximate surface area is 166 Å². The van der Waals surface area contributed by atoms with Crippen LogP contribution in [0.1, 0.15) is 42.6 Å². The first-order valence-electron chi connectivity index (χ1n) is 9.88. The van der Waals surface area contributed by atoms with Crippen LogP contribution in [0.3, 0.4) is 0 Å². The van der Waals surface area contributed by atoms with Crippen LogP contribution in [0.5, 0.6) is 0 Å². The highest BCUT2D eigenvalue weighted by Gasteiger charge is 2.24. The number of hydrogen-bond acceptors (Lipinski definition) is 4. The third kappa shape index (κ3) is 5.09. The van der Waals surface area contributed by atoms with E-state index in [2.05, 4.69) is 20.5 Å². The topological polar surface area (TPSA) is 74.3 Å². The van der Waals surface area contributed by atoms with Crippen LogP contribution in [0.2, 0.25) is 0 Å². The van der Waals surface area contributed by atoms with Crippen LogP contribution in [-0.2, 0) is 11.3 Å². The molecule has 0 aliphatic carbocycles. The van der Waals surface area contributed by atoms with E-state index in [-0.39, 0.29) is 17.7 Å². The molecule has 1 atom stereocenters. The van der Waals surface area contributed by atoms with Gasteiger partial charge in [0.2, 0.25) is 5.91 Å². The van der Waals surface area contributed by atoms with E-state index in [1.54, 1.807) is 30.5 Å². The Morgan fingerprint density at radius 2 is 1.82 bits per heavy atom. The zero-order valence-corrected chi connectivity index (χ0v) is 16.5. The van der Waals surface area contributed by atoms with Gasteiger partial charge in [-0.2, -0.15) is 0 Å². The Morgan fingerprint density at radius 1 is 1.11 bits per heavy atom. The predicted octanol–water partition coefficient (Wildman–Crippen LogP) is 2.75. The first kappa shape index (κ1) is 19.9. The lowest BCUT2D eigenvalue weighted by Gasteiger charge is -2.22. The van der Waals surface area contributed by atoms with Gasteiger partial charge in [0.1, 0.15) is 11.9 Å². The highest BCUT2D eigenvalue weighted by molar-refractivity contribution is 5.97. The summed E-state index contributed by atoms with van der Waals surface area (Å²) in [4.78, 5) is 31.8. The fourth-order valence-corrected chi connectivity index (χ4v) is 3.34. The summed E-state index contributed by atoms with van der Waals surface area (Å²) in [6.45, 7) is 6.32. The normalized spacial score (nSPS) is 14.8. The molecule has 6 nitrogen and oxygen atoms in total. The third-order valence-electron chi connectivity index (χ3n) is 4.98. The zero-order chi connectivity index (χ0) is 19.9. The van der Waals surface area contributed by atoms with Crippen molar-refractivity contribution in [2.75, 3.05) is 18.0 Å². The highest BCUT2D eigenvalue weighted by atomic mass is 16.2. The van der Waals surface area contributed by atoms with Crippen molar-refractivity contribution in [2.24, 2.45) is 5.92 Å². The molecule has 2 aromatic rings. The molecule has 1 aromatic heterocycles. The highest BCUT2D eigenvalue weighted by Crippen LogP contribution is 2.18. The number of pyridine rings is 1. The first-order valence-corrected chi connectivity index (χ1v) is 9.88. The van der Waals surface area contributed by atoms with Gasteiger partial charge in [0.05, 0.1) is 0 Å². The average molecular weight is 380 g/mol. The van der Waals surface area contributed by atoms with Crippen molar-refractivity contribution < 1.29 is 9.59 Å². The van der Waals surface area contributed by atoms with E-state index >= 15 is 0 Å². The third-order valence-corrected chi connectivity index (χ3v) is 4.98. The number of carbonyl (C=O) groups is 2. The minimum atomic E-state index is -0.590. The Kier molecular flexibility index (Phi) is 6.63. The summed E-state index contributed by atoms with van der Waals surface area (Å²) < 4.78 is 0. The van der Waals surface area contributed by atoms with Crippen molar-refractivity contribution in [3.63, 3.8) is 0 Å². The fourth-order valence-electron chi connectivity index (χ4n) is 3.34. The number of aromatic nitrogens is 1. The predicted molar refractivity (Wildman–Crippen MR) is 110 cm³/mol. The molecule has 0 spiro atoms. The van der Waals surface area contributed by atoms with Gasteiger partial charge in [-0.05, 0) is 48.6 Å². The fraction of sp³-hybridized carbons (Fsp3) is 0.409. The lowest BCUT2D eigenvalue weighted by Crippen LogP contribution is -2.49. The van der Waals surface area contributed by atoms with Gasteiger partial charge < -0.3 is 15.5 Å². The number of nitrogens with zero attached hydrogens (tertiary/aromatic N) is 2. The number of rotatable bonds is 7. The molecule has 0 radical (unpaired) electrons. The summed E-state index contributed by atoms with van der Waals surface area (Å²) in [6, 6.07) is 12.3. The van der Waals surface area contributed by atoms with E-state index in [0.29, 0.717) is 12.1 Å². The standard InChI is InChI=1S/C22H28N4O2/c1-16(2)20(25-21(27)18-8-4-3-5-9-18)22(28)24-15-17-10-11-23-19(14-17)26-12-6-7-13-26/h3-5,8-11,14,16,20H,6-7,12-13,15H2,1-2H3,(H,24,28)(H,25,27). The lowest BCUT2D eigenvalue weighted by molar-refractivity contribution is -0.124. The molecule has 1 aromatic carbocycles. The number of carbonyl (C=O) groups excluding carboxylic acids is 2. The lowest BCUT2D eigenvalue weighted by atomic mass is 10.0. The minimum Gasteiger partial charge on any atom is -0.357 e. The van der Waals surface area contributed by atoms with Gasteiger partial charge in [-0.1, -0.05) is 32.0 Å². The smallest absolute Gasteiger partial charge is 0.251 e. The molecular weight excluding hydrogens is 352 g/mol. The van der Waals surface area contributed by atoms with E-state index in [1.807, 2.05) is 32.0 Å². The summed E-state index contributed by atoms with van der Waals surface area (Å²) in [7, 11) is 0. The number of amides is 2.